The van der Waals surface area contributed by atoms with Crippen molar-refractivity contribution in [2.24, 2.45) is 0 Å². The first kappa shape index (κ1) is 21.0. The number of hydrogen-bond acceptors (Lipinski definition) is 8. The normalized spacial score (nSPS) is 17.2. The lowest BCUT2D eigenvalue weighted by Gasteiger charge is -2.20. The average Bonchev–Trinajstić information content (AvgIpc) is 3.15. The number of ether oxygens (including phenoxy) is 5. The molecule has 1 heterocycles. The summed E-state index contributed by atoms with van der Waals surface area (Å²) in [5, 5.41) is 10.2. The Hall–Kier alpha value is -3.68. The van der Waals surface area contributed by atoms with Crippen LogP contribution < -0.4 is 14.2 Å². The molecule has 1 aliphatic rings. The third kappa shape index (κ3) is 3.89. The van der Waals surface area contributed by atoms with Gasteiger partial charge in [0.15, 0.2) is 11.5 Å². The number of phenolic OH excluding ortho intramolecular Hbond substituents is 1. The van der Waals surface area contributed by atoms with Crippen molar-refractivity contribution < 1.29 is 38.4 Å². The van der Waals surface area contributed by atoms with Crippen molar-refractivity contribution >= 4 is 18.0 Å². The van der Waals surface area contributed by atoms with Crippen LogP contribution in [0.3, 0.4) is 0 Å². The first-order valence-corrected chi connectivity index (χ1v) is 9.02. The molecule has 158 valence electrons. The van der Waals surface area contributed by atoms with Gasteiger partial charge < -0.3 is 28.8 Å². The Morgan fingerprint density at radius 3 is 2.23 bits per heavy atom. The Morgan fingerprint density at radius 2 is 1.67 bits per heavy atom. The maximum Gasteiger partial charge on any atom is 0.330 e. The van der Waals surface area contributed by atoms with Crippen LogP contribution in [0.25, 0.3) is 6.08 Å². The standard InChI is InChI=1S/C22H22O8/c1-26-16-10-13(11-17(27-2)20(16)24)21-19(22(25)29-4)14-9-12(5-7-15(14)30-21)6-8-18(23)28-3/h5-11,19,21,24H,1-4H3/b8-6+/t19-,21+/m1/s1. The van der Waals surface area contributed by atoms with Gasteiger partial charge in [-0.2, -0.15) is 0 Å². The first-order valence-electron chi connectivity index (χ1n) is 9.02. The topological polar surface area (TPSA) is 101 Å². The van der Waals surface area contributed by atoms with Crippen molar-refractivity contribution in [2.45, 2.75) is 12.0 Å². The third-order valence-electron chi connectivity index (χ3n) is 4.82. The summed E-state index contributed by atoms with van der Waals surface area (Å²) in [6, 6.07) is 8.40. The molecule has 0 amide bonds. The fraction of sp³-hybridized carbons (Fsp3) is 0.273. The molecule has 8 heteroatoms. The molecule has 1 N–H and O–H groups in total. The zero-order valence-corrected chi connectivity index (χ0v) is 17.0. The van der Waals surface area contributed by atoms with E-state index in [1.807, 2.05) is 0 Å². The minimum atomic E-state index is -0.768. The van der Waals surface area contributed by atoms with Crippen LogP contribution in [0, 0.1) is 0 Å². The van der Waals surface area contributed by atoms with E-state index in [0.29, 0.717) is 22.4 Å². The fourth-order valence-corrected chi connectivity index (χ4v) is 3.34. The van der Waals surface area contributed by atoms with Crippen molar-refractivity contribution in [3.8, 4) is 23.0 Å². The molecule has 0 aliphatic carbocycles. The quantitative estimate of drug-likeness (QED) is 0.569. The summed E-state index contributed by atoms with van der Waals surface area (Å²) in [4.78, 5) is 24.0. The summed E-state index contributed by atoms with van der Waals surface area (Å²) in [7, 11) is 5.43. The summed E-state index contributed by atoms with van der Waals surface area (Å²) >= 11 is 0. The van der Waals surface area contributed by atoms with E-state index >= 15 is 0 Å². The highest BCUT2D eigenvalue weighted by atomic mass is 16.5. The number of rotatable bonds is 6. The van der Waals surface area contributed by atoms with Gasteiger partial charge in [-0.05, 0) is 35.9 Å². The molecule has 0 saturated heterocycles. The lowest BCUT2D eigenvalue weighted by atomic mass is 9.90. The predicted octanol–water partition coefficient (Wildman–Crippen LogP) is 2.99. The summed E-state index contributed by atoms with van der Waals surface area (Å²) in [5.74, 6) is -1.00. The monoisotopic (exact) mass is 414 g/mol. The van der Waals surface area contributed by atoms with Gasteiger partial charge in [-0.15, -0.1) is 0 Å². The molecule has 2 aromatic carbocycles. The molecule has 0 unspecified atom stereocenters. The van der Waals surface area contributed by atoms with Crippen LogP contribution in [-0.4, -0.2) is 45.5 Å². The number of benzene rings is 2. The molecule has 0 fully saturated rings. The summed E-state index contributed by atoms with van der Waals surface area (Å²) in [5.41, 5.74) is 1.88. The van der Waals surface area contributed by atoms with E-state index in [2.05, 4.69) is 4.74 Å². The molecular formula is C22H22O8. The highest BCUT2D eigenvalue weighted by Crippen LogP contribution is 2.49. The molecule has 8 nitrogen and oxygen atoms in total. The SMILES string of the molecule is COC(=O)/C=C/c1ccc2c(c1)[C@@H](C(=O)OC)[C@H](c1cc(OC)c(O)c(OC)c1)O2. The molecule has 1 aliphatic heterocycles. The van der Waals surface area contributed by atoms with Crippen molar-refractivity contribution in [1.82, 2.24) is 0 Å². The van der Waals surface area contributed by atoms with E-state index in [1.165, 1.54) is 34.5 Å². The van der Waals surface area contributed by atoms with Crippen LogP contribution in [0.5, 0.6) is 23.0 Å². The number of esters is 2. The Balaban J connectivity index is 2.05. The molecule has 2 atom stereocenters. The Kier molecular flexibility index (Phi) is 6.15. The molecule has 0 spiro atoms. The Morgan fingerprint density at radius 1 is 1.00 bits per heavy atom. The van der Waals surface area contributed by atoms with Crippen molar-refractivity contribution in [1.29, 1.82) is 0 Å². The van der Waals surface area contributed by atoms with Crippen LogP contribution in [-0.2, 0) is 19.1 Å². The van der Waals surface area contributed by atoms with E-state index in [1.54, 1.807) is 36.4 Å². The molecule has 0 saturated carbocycles. The molecule has 0 radical (unpaired) electrons. The second-order valence-electron chi connectivity index (χ2n) is 6.47. The van der Waals surface area contributed by atoms with Gasteiger partial charge in [0.2, 0.25) is 5.75 Å². The number of carbonyl (C=O) groups excluding carboxylic acids is 2. The Labute approximate surface area is 173 Å². The fourth-order valence-electron chi connectivity index (χ4n) is 3.34. The number of methoxy groups -OCH3 is 4. The molecule has 0 bridgehead atoms. The van der Waals surface area contributed by atoms with Crippen LogP contribution in [0.2, 0.25) is 0 Å². The minimum Gasteiger partial charge on any atom is -0.502 e. The van der Waals surface area contributed by atoms with E-state index in [9.17, 15) is 14.7 Å². The highest BCUT2D eigenvalue weighted by Gasteiger charge is 2.42. The lowest BCUT2D eigenvalue weighted by molar-refractivity contribution is -0.144. The number of aromatic hydroxyl groups is 1. The van der Waals surface area contributed by atoms with Gasteiger partial charge in [0, 0.05) is 17.2 Å². The maximum absolute atomic E-state index is 12.7. The van der Waals surface area contributed by atoms with Gasteiger partial charge in [0.25, 0.3) is 0 Å². The second-order valence-corrected chi connectivity index (χ2v) is 6.47. The van der Waals surface area contributed by atoms with Gasteiger partial charge >= 0.3 is 11.9 Å². The smallest absolute Gasteiger partial charge is 0.330 e. The maximum atomic E-state index is 12.7. The van der Waals surface area contributed by atoms with Gasteiger partial charge in [-0.1, -0.05) is 6.07 Å². The van der Waals surface area contributed by atoms with Crippen LogP contribution >= 0.6 is 0 Å². The van der Waals surface area contributed by atoms with Crippen LogP contribution in [0.15, 0.2) is 36.4 Å². The largest absolute Gasteiger partial charge is 0.502 e. The number of phenols is 1. The summed E-state index contributed by atoms with van der Waals surface area (Å²) in [6.07, 6.45) is 2.15. The minimum absolute atomic E-state index is 0.149. The zero-order chi connectivity index (χ0) is 21.8. The molecule has 3 rings (SSSR count). The predicted molar refractivity (Wildman–Crippen MR) is 107 cm³/mol. The number of carbonyl (C=O) groups is 2. The average molecular weight is 414 g/mol. The van der Waals surface area contributed by atoms with Gasteiger partial charge in [0.05, 0.1) is 28.4 Å². The summed E-state index contributed by atoms with van der Waals surface area (Å²) in [6.45, 7) is 0. The van der Waals surface area contributed by atoms with Crippen LogP contribution in [0.1, 0.15) is 28.7 Å². The van der Waals surface area contributed by atoms with E-state index in [0.717, 1.165) is 0 Å². The highest BCUT2D eigenvalue weighted by molar-refractivity contribution is 5.87. The second kappa shape index (κ2) is 8.77. The molecular weight excluding hydrogens is 392 g/mol. The van der Waals surface area contributed by atoms with E-state index < -0.39 is 24.0 Å². The van der Waals surface area contributed by atoms with Crippen molar-refractivity contribution in [2.75, 3.05) is 28.4 Å². The van der Waals surface area contributed by atoms with Gasteiger partial charge in [0.1, 0.15) is 17.8 Å². The lowest BCUT2D eigenvalue weighted by Crippen LogP contribution is -2.20. The van der Waals surface area contributed by atoms with E-state index in [-0.39, 0.29) is 17.2 Å². The first-order chi connectivity index (χ1) is 14.4. The molecule has 0 aromatic heterocycles. The van der Waals surface area contributed by atoms with Crippen LogP contribution in [0.4, 0.5) is 0 Å². The van der Waals surface area contributed by atoms with Gasteiger partial charge in [-0.25, -0.2) is 4.79 Å². The van der Waals surface area contributed by atoms with Crippen molar-refractivity contribution in [3.63, 3.8) is 0 Å². The number of fused-ring (bicyclic) bond motifs is 1. The summed E-state index contributed by atoms with van der Waals surface area (Å²) < 4.78 is 26.1. The molecule has 2 aromatic rings. The Bertz CT molecular complexity index is 970. The number of hydrogen-bond donors (Lipinski definition) is 1. The zero-order valence-electron chi connectivity index (χ0n) is 17.0. The van der Waals surface area contributed by atoms with Gasteiger partial charge in [-0.3, -0.25) is 4.79 Å². The van der Waals surface area contributed by atoms with E-state index in [4.69, 9.17) is 18.9 Å². The van der Waals surface area contributed by atoms with Crippen molar-refractivity contribution in [3.05, 3.63) is 53.1 Å². The third-order valence-corrected chi connectivity index (χ3v) is 4.82. The molecule has 30 heavy (non-hydrogen) atoms.